The Labute approximate surface area is 186 Å². The standard InChI is InChI=1S/C22H18F3N7O/c1-30-11-17(10-28-30)15-6-18(20-16(7-26)9-29-32(20)12-15)14-2-3-19(27-8-14)31-5-4-21(33,13-31)22(23,24)25/h2-3,6,8-12,33H,4-5,13H2,1H3/t21-/m1/s1. The van der Waals surface area contributed by atoms with Crippen LogP contribution < -0.4 is 4.90 Å². The number of aryl methyl sites for hydroxylation is 1. The van der Waals surface area contributed by atoms with Gasteiger partial charge in [-0.25, -0.2) is 9.50 Å². The summed E-state index contributed by atoms with van der Waals surface area (Å²) < 4.78 is 42.7. The first-order valence-corrected chi connectivity index (χ1v) is 10.1. The highest BCUT2D eigenvalue weighted by atomic mass is 19.4. The van der Waals surface area contributed by atoms with Crippen LogP contribution in [0, 0.1) is 11.3 Å². The molecule has 5 heterocycles. The van der Waals surface area contributed by atoms with Gasteiger partial charge in [0.15, 0.2) is 5.60 Å². The maximum Gasteiger partial charge on any atom is 0.418 e. The van der Waals surface area contributed by atoms with E-state index in [0.29, 0.717) is 28.0 Å². The minimum Gasteiger partial charge on any atom is -0.379 e. The molecule has 0 unspecified atom stereocenters. The number of nitriles is 1. The van der Waals surface area contributed by atoms with Crippen LogP contribution >= 0.6 is 0 Å². The highest BCUT2D eigenvalue weighted by molar-refractivity contribution is 5.87. The molecule has 0 saturated carbocycles. The SMILES string of the molecule is Cn1cc(-c2cc(-c3ccc(N4CC[C@](O)(C(F)(F)F)C4)nc3)c3c(C#N)cnn3c2)cn1. The lowest BCUT2D eigenvalue weighted by atomic mass is 10.0. The Hall–Kier alpha value is -3.91. The van der Waals surface area contributed by atoms with Crippen molar-refractivity contribution in [1.29, 1.82) is 5.26 Å². The minimum absolute atomic E-state index is 0.0459. The van der Waals surface area contributed by atoms with Crippen LogP contribution in [-0.4, -0.2) is 54.4 Å². The van der Waals surface area contributed by atoms with Gasteiger partial charge in [-0.3, -0.25) is 4.68 Å². The Balaban J connectivity index is 1.54. The van der Waals surface area contributed by atoms with Crippen LogP contribution in [0.2, 0.25) is 0 Å². The highest BCUT2D eigenvalue weighted by Crippen LogP contribution is 2.39. The second-order valence-electron chi connectivity index (χ2n) is 8.11. The van der Waals surface area contributed by atoms with Crippen molar-refractivity contribution < 1.29 is 18.3 Å². The maximum atomic E-state index is 13.2. The molecular weight excluding hydrogens is 435 g/mol. The van der Waals surface area contributed by atoms with E-state index in [-0.39, 0.29) is 6.54 Å². The fourth-order valence-corrected chi connectivity index (χ4v) is 4.10. The summed E-state index contributed by atoms with van der Waals surface area (Å²) >= 11 is 0. The number of anilines is 1. The summed E-state index contributed by atoms with van der Waals surface area (Å²) in [4.78, 5) is 5.77. The van der Waals surface area contributed by atoms with Crippen LogP contribution in [0.5, 0.6) is 0 Å². The summed E-state index contributed by atoms with van der Waals surface area (Å²) in [7, 11) is 1.81. The lowest BCUT2D eigenvalue weighted by Crippen LogP contribution is -2.47. The molecule has 8 nitrogen and oxygen atoms in total. The predicted molar refractivity (Wildman–Crippen MR) is 113 cm³/mol. The van der Waals surface area contributed by atoms with E-state index in [2.05, 4.69) is 21.3 Å². The van der Waals surface area contributed by atoms with E-state index in [4.69, 9.17) is 0 Å². The highest BCUT2D eigenvalue weighted by Gasteiger charge is 2.57. The number of nitrogens with zero attached hydrogens (tertiary/aromatic N) is 7. The van der Waals surface area contributed by atoms with Crippen LogP contribution in [0.25, 0.3) is 27.8 Å². The monoisotopic (exact) mass is 453 g/mol. The van der Waals surface area contributed by atoms with Crippen molar-refractivity contribution >= 4 is 11.3 Å². The Morgan fingerprint density at radius 3 is 2.52 bits per heavy atom. The number of β-amino-alcohol motifs (C(OH)–C–C–N with tert-alkyl or cyclic N) is 1. The average molecular weight is 453 g/mol. The van der Waals surface area contributed by atoms with Crippen molar-refractivity contribution in [2.75, 3.05) is 18.0 Å². The molecule has 1 saturated heterocycles. The second kappa shape index (κ2) is 7.31. The molecule has 5 rings (SSSR count). The van der Waals surface area contributed by atoms with Crippen LogP contribution in [0.15, 0.2) is 49.2 Å². The molecule has 0 bridgehead atoms. The zero-order chi connectivity index (χ0) is 23.4. The molecule has 4 aromatic heterocycles. The fraction of sp³-hybridized carbons (Fsp3) is 0.273. The Bertz CT molecular complexity index is 1380. The van der Waals surface area contributed by atoms with E-state index < -0.39 is 24.7 Å². The van der Waals surface area contributed by atoms with Crippen molar-refractivity contribution in [2.24, 2.45) is 7.05 Å². The van der Waals surface area contributed by atoms with Gasteiger partial charge in [-0.05, 0) is 18.2 Å². The number of rotatable bonds is 3. The quantitative estimate of drug-likeness (QED) is 0.512. The zero-order valence-corrected chi connectivity index (χ0v) is 17.5. The molecular formula is C22H18F3N7O. The van der Waals surface area contributed by atoms with Crippen molar-refractivity contribution in [2.45, 2.75) is 18.2 Å². The van der Waals surface area contributed by atoms with Gasteiger partial charge in [-0.2, -0.15) is 28.6 Å². The lowest BCUT2D eigenvalue weighted by Gasteiger charge is -2.26. The van der Waals surface area contributed by atoms with Crippen molar-refractivity contribution in [3.63, 3.8) is 0 Å². The summed E-state index contributed by atoms with van der Waals surface area (Å²) in [5.41, 5.74) is 1.33. The van der Waals surface area contributed by atoms with E-state index in [1.807, 2.05) is 19.3 Å². The zero-order valence-electron chi connectivity index (χ0n) is 17.5. The summed E-state index contributed by atoms with van der Waals surface area (Å²) in [6.45, 7) is -0.519. The Morgan fingerprint density at radius 1 is 1.09 bits per heavy atom. The van der Waals surface area contributed by atoms with Gasteiger partial charge in [0.1, 0.15) is 11.9 Å². The molecule has 168 valence electrons. The van der Waals surface area contributed by atoms with Crippen molar-refractivity contribution in [3.05, 3.63) is 54.7 Å². The minimum atomic E-state index is -4.70. The summed E-state index contributed by atoms with van der Waals surface area (Å²) in [5.74, 6) is 0.340. The number of halogens is 3. The molecule has 0 spiro atoms. The first-order valence-electron chi connectivity index (χ1n) is 10.1. The van der Waals surface area contributed by atoms with E-state index in [0.717, 1.165) is 11.1 Å². The largest absolute Gasteiger partial charge is 0.418 e. The van der Waals surface area contributed by atoms with E-state index in [1.54, 1.807) is 39.9 Å². The molecule has 1 atom stereocenters. The summed E-state index contributed by atoms with van der Waals surface area (Å²) in [6.07, 6.45) is 3.31. The van der Waals surface area contributed by atoms with Gasteiger partial charge >= 0.3 is 6.18 Å². The molecule has 0 radical (unpaired) electrons. The number of fused-ring (bicyclic) bond motifs is 1. The smallest absolute Gasteiger partial charge is 0.379 e. The van der Waals surface area contributed by atoms with E-state index in [9.17, 15) is 23.5 Å². The first kappa shape index (κ1) is 21.0. The number of alkyl halides is 3. The van der Waals surface area contributed by atoms with Gasteiger partial charge in [0, 0.05) is 60.9 Å². The molecule has 33 heavy (non-hydrogen) atoms. The number of hydrogen-bond donors (Lipinski definition) is 1. The van der Waals surface area contributed by atoms with Crippen LogP contribution in [-0.2, 0) is 7.05 Å². The topological polar surface area (TPSA) is 95.3 Å². The molecule has 11 heteroatoms. The molecule has 1 N–H and O–H groups in total. The molecule has 0 aromatic carbocycles. The van der Waals surface area contributed by atoms with Gasteiger partial charge in [-0.15, -0.1) is 0 Å². The van der Waals surface area contributed by atoms with E-state index >= 15 is 0 Å². The predicted octanol–water partition coefficient (Wildman–Crippen LogP) is 3.17. The normalized spacial score (nSPS) is 18.7. The third kappa shape index (κ3) is 3.48. The van der Waals surface area contributed by atoms with Gasteiger partial charge in [-0.1, -0.05) is 0 Å². The summed E-state index contributed by atoms with van der Waals surface area (Å²) in [5, 5.41) is 28.0. The number of aromatic nitrogens is 5. The van der Waals surface area contributed by atoms with Gasteiger partial charge in [0.25, 0.3) is 0 Å². The number of pyridine rings is 2. The van der Waals surface area contributed by atoms with Crippen molar-refractivity contribution in [1.82, 2.24) is 24.4 Å². The Morgan fingerprint density at radius 2 is 1.91 bits per heavy atom. The first-order chi connectivity index (χ1) is 15.7. The summed E-state index contributed by atoms with van der Waals surface area (Å²) in [6, 6.07) is 7.40. The molecule has 4 aromatic rings. The average Bonchev–Trinajstić information content (AvgIpc) is 3.51. The van der Waals surface area contributed by atoms with Gasteiger partial charge in [0.05, 0.1) is 30.0 Å². The fourth-order valence-electron chi connectivity index (χ4n) is 4.10. The maximum absolute atomic E-state index is 13.2. The van der Waals surface area contributed by atoms with Crippen LogP contribution in [0.1, 0.15) is 12.0 Å². The third-order valence-electron chi connectivity index (χ3n) is 5.93. The molecule has 1 fully saturated rings. The van der Waals surface area contributed by atoms with E-state index in [1.165, 1.54) is 11.1 Å². The van der Waals surface area contributed by atoms with Crippen LogP contribution in [0.3, 0.4) is 0 Å². The number of hydrogen-bond acceptors (Lipinski definition) is 6. The molecule has 1 aliphatic rings. The van der Waals surface area contributed by atoms with Gasteiger partial charge in [0.2, 0.25) is 0 Å². The molecule has 1 aliphatic heterocycles. The lowest BCUT2D eigenvalue weighted by molar-refractivity contribution is -0.250. The Kier molecular flexibility index (Phi) is 4.65. The molecule has 0 aliphatic carbocycles. The van der Waals surface area contributed by atoms with Crippen LogP contribution in [0.4, 0.5) is 19.0 Å². The second-order valence-corrected chi connectivity index (χ2v) is 8.11. The van der Waals surface area contributed by atoms with Gasteiger partial charge < -0.3 is 10.0 Å². The molecule has 0 amide bonds. The third-order valence-corrected chi connectivity index (χ3v) is 5.93. The van der Waals surface area contributed by atoms with Crippen molar-refractivity contribution in [3.8, 4) is 28.3 Å². The number of aliphatic hydroxyl groups is 1.